The SMILES string of the molecule is CC(=O)C(C)OC(=O)C1CCN(c2ccc3nnc(C(F)(F)F)n3n2)CC1. The monoisotopic (exact) mass is 385 g/mol. The van der Waals surface area contributed by atoms with E-state index in [1.54, 1.807) is 11.0 Å². The lowest BCUT2D eigenvalue weighted by atomic mass is 9.97. The number of esters is 1. The fraction of sp³-hybridized carbons (Fsp3) is 0.562. The second-order valence-electron chi connectivity index (χ2n) is 6.43. The number of fused-ring (bicyclic) bond motifs is 1. The maximum atomic E-state index is 13.0. The number of rotatable bonds is 4. The molecule has 8 nitrogen and oxygen atoms in total. The van der Waals surface area contributed by atoms with E-state index in [-0.39, 0.29) is 17.3 Å². The molecule has 1 aliphatic rings. The molecule has 0 saturated carbocycles. The van der Waals surface area contributed by atoms with E-state index in [9.17, 15) is 22.8 Å². The number of carbonyl (C=O) groups excluding carboxylic acids is 2. The average Bonchev–Trinajstić information content (AvgIpc) is 3.05. The standard InChI is InChI=1S/C16H18F3N5O3/c1-9(25)10(2)27-14(26)11-5-7-23(8-6-11)13-4-3-12-20-21-15(16(17,18)19)24(12)22-13/h3-4,10-11H,5-8H2,1-2H3. The van der Waals surface area contributed by atoms with Gasteiger partial charge in [-0.3, -0.25) is 9.59 Å². The number of hydrogen-bond acceptors (Lipinski definition) is 7. The minimum Gasteiger partial charge on any atom is -0.454 e. The largest absolute Gasteiger partial charge is 0.454 e. The second-order valence-corrected chi connectivity index (χ2v) is 6.43. The summed E-state index contributed by atoms with van der Waals surface area (Å²) in [6.45, 7) is 3.72. The summed E-state index contributed by atoms with van der Waals surface area (Å²) in [5, 5.41) is 10.6. The molecule has 0 radical (unpaired) electrons. The molecule has 1 saturated heterocycles. The molecule has 2 aromatic rings. The number of hydrogen-bond donors (Lipinski definition) is 0. The molecule has 0 N–H and O–H groups in total. The summed E-state index contributed by atoms with van der Waals surface area (Å²) in [6.07, 6.45) is -4.53. The zero-order valence-electron chi connectivity index (χ0n) is 14.7. The van der Waals surface area contributed by atoms with Crippen molar-refractivity contribution >= 4 is 23.2 Å². The number of ketones is 1. The maximum absolute atomic E-state index is 13.0. The average molecular weight is 385 g/mol. The van der Waals surface area contributed by atoms with Crippen molar-refractivity contribution in [2.45, 2.75) is 39.0 Å². The summed E-state index contributed by atoms with van der Waals surface area (Å²) < 4.78 is 44.7. The quantitative estimate of drug-likeness (QED) is 0.743. The number of nitrogens with zero attached hydrogens (tertiary/aromatic N) is 5. The first-order valence-corrected chi connectivity index (χ1v) is 8.42. The molecule has 1 atom stereocenters. The number of aromatic nitrogens is 4. The third kappa shape index (κ3) is 4.01. The zero-order valence-corrected chi connectivity index (χ0v) is 14.7. The first-order chi connectivity index (χ1) is 12.7. The molecule has 0 bridgehead atoms. The van der Waals surface area contributed by atoms with E-state index < -0.39 is 24.1 Å². The Kier molecular flexibility index (Phi) is 5.03. The van der Waals surface area contributed by atoms with Crippen LogP contribution in [0.3, 0.4) is 0 Å². The molecular formula is C16H18F3N5O3. The van der Waals surface area contributed by atoms with Crippen LogP contribution < -0.4 is 4.90 Å². The van der Waals surface area contributed by atoms with Gasteiger partial charge in [0.05, 0.1) is 5.92 Å². The van der Waals surface area contributed by atoms with E-state index in [2.05, 4.69) is 15.3 Å². The van der Waals surface area contributed by atoms with E-state index >= 15 is 0 Å². The van der Waals surface area contributed by atoms with Crippen LogP contribution in [0.5, 0.6) is 0 Å². The van der Waals surface area contributed by atoms with Gasteiger partial charge in [0, 0.05) is 13.1 Å². The van der Waals surface area contributed by atoms with Crippen LogP contribution in [0.1, 0.15) is 32.5 Å². The molecule has 1 unspecified atom stereocenters. The Labute approximate surface area is 152 Å². The van der Waals surface area contributed by atoms with Gasteiger partial charge in [0.15, 0.2) is 17.5 Å². The Hall–Kier alpha value is -2.72. The third-order valence-electron chi connectivity index (χ3n) is 4.52. The predicted molar refractivity (Wildman–Crippen MR) is 87.0 cm³/mol. The second kappa shape index (κ2) is 7.12. The van der Waals surface area contributed by atoms with Crippen molar-refractivity contribution in [2.75, 3.05) is 18.0 Å². The number of anilines is 1. The number of piperidine rings is 1. The van der Waals surface area contributed by atoms with Crippen molar-refractivity contribution in [2.24, 2.45) is 5.92 Å². The Morgan fingerprint density at radius 3 is 2.48 bits per heavy atom. The van der Waals surface area contributed by atoms with Gasteiger partial charge in [-0.15, -0.1) is 15.3 Å². The number of Topliss-reactive ketones (excluding diaryl/α,β-unsaturated/α-hetero) is 1. The highest BCUT2D eigenvalue weighted by molar-refractivity contribution is 5.83. The zero-order chi connectivity index (χ0) is 19.8. The first kappa shape index (κ1) is 19.1. The predicted octanol–water partition coefficient (Wildman–Crippen LogP) is 1.88. The molecule has 3 rings (SSSR count). The van der Waals surface area contributed by atoms with Crippen molar-refractivity contribution in [3.63, 3.8) is 0 Å². The normalized spacial score (nSPS) is 17.1. The molecule has 1 fully saturated rings. The van der Waals surface area contributed by atoms with Crippen molar-refractivity contribution in [1.82, 2.24) is 19.8 Å². The van der Waals surface area contributed by atoms with Crippen molar-refractivity contribution in [3.05, 3.63) is 18.0 Å². The van der Waals surface area contributed by atoms with Crippen LogP contribution in [-0.4, -0.2) is 50.8 Å². The summed E-state index contributed by atoms with van der Waals surface area (Å²) in [6, 6.07) is 2.99. The maximum Gasteiger partial charge on any atom is 0.453 e. The van der Waals surface area contributed by atoms with Gasteiger partial charge >= 0.3 is 12.1 Å². The van der Waals surface area contributed by atoms with E-state index in [4.69, 9.17) is 4.74 Å². The lowest BCUT2D eigenvalue weighted by Gasteiger charge is -2.31. The van der Waals surface area contributed by atoms with Crippen LogP contribution in [0, 0.1) is 5.92 Å². The smallest absolute Gasteiger partial charge is 0.453 e. The van der Waals surface area contributed by atoms with Crippen molar-refractivity contribution < 1.29 is 27.5 Å². The van der Waals surface area contributed by atoms with E-state index in [1.165, 1.54) is 19.9 Å². The summed E-state index contributed by atoms with van der Waals surface area (Å²) in [7, 11) is 0. The molecule has 0 aromatic carbocycles. The highest BCUT2D eigenvalue weighted by atomic mass is 19.4. The molecule has 146 valence electrons. The Balaban J connectivity index is 1.69. The molecule has 3 heterocycles. The minimum absolute atomic E-state index is 0.00255. The van der Waals surface area contributed by atoms with E-state index in [0.29, 0.717) is 36.3 Å². The number of ether oxygens (including phenoxy) is 1. The van der Waals surface area contributed by atoms with Gasteiger partial charge in [0.2, 0.25) is 0 Å². The van der Waals surface area contributed by atoms with Crippen LogP contribution in [-0.2, 0) is 20.5 Å². The number of carbonyl (C=O) groups is 2. The fourth-order valence-corrected chi connectivity index (χ4v) is 2.82. The topological polar surface area (TPSA) is 89.7 Å². The van der Waals surface area contributed by atoms with Crippen molar-refractivity contribution in [1.29, 1.82) is 0 Å². The minimum atomic E-state index is -4.66. The van der Waals surface area contributed by atoms with Crippen LogP contribution in [0.2, 0.25) is 0 Å². The molecule has 2 aromatic heterocycles. The summed E-state index contributed by atoms with van der Waals surface area (Å²) in [5.41, 5.74) is 0.00255. The van der Waals surface area contributed by atoms with Gasteiger partial charge < -0.3 is 9.64 Å². The Morgan fingerprint density at radius 2 is 1.89 bits per heavy atom. The van der Waals surface area contributed by atoms with Crippen molar-refractivity contribution in [3.8, 4) is 0 Å². The van der Waals surface area contributed by atoms with Gasteiger partial charge in [0.25, 0.3) is 5.82 Å². The lowest BCUT2D eigenvalue weighted by molar-refractivity contribution is -0.158. The third-order valence-corrected chi connectivity index (χ3v) is 4.52. The van der Waals surface area contributed by atoms with Crippen LogP contribution >= 0.6 is 0 Å². The van der Waals surface area contributed by atoms with Gasteiger partial charge in [-0.2, -0.15) is 17.7 Å². The molecule has 1 aliphatic heterocycles. The molecule has 27 heavy (non-hydrogen) atoms. The summed E-state index contributed by atoms with van der Waals surface area (Å²) >= 11 is 0. The highest BCUT2D eigenvalue weighted by Gasteiger charge is 2.38. The molecule has 0 amide bonds. The van der Waals surface area contributed by atoms with Gasteiger partial charge in [-0.05, 0) is 38.8 Å². The van der Waals surface area contributed by atoms with Gasteiger partial charge in [-0.25, -0.2) is 0 Å². The van der Waals surface area contributed by atoms with E-state index in [0.717, 1.165) is 0 Å². The lowest BCUT2D eigenvalue weighted by Crippen LogP contribution is -2.38. The number of alkyl halides is 3. The highest BCUT2D eigenvalue weighted by Crippen LogP contribution is 2.29. The summed E-state index contributed by atoms with van der Waals surface area (Å²) in [5.74, 6) is -1.85. The number of halogens is 3. The first-order valence-electron chi connectivity index (χ1n) is 8.42. The van der Waals surface area contributed by atoms with Gasteiger partial charge in [0.1, 0.15) is 5.82 Å². The van der Waals surface area contributed by atoms with E-state index in [1.807, 2.05) is 0 Å². The van der Waals surface area contributed by atoms with Crippen LogP contribution in [0.4, 0.5) is 19.0 Å². The fourth-order valence-electron chi connectivity index (χ4n) is 2.82. The Bertz CT molecular complexity index is 859. The molecule has 0 spiro atoms. The Morgan fingerprint density at radius 1 is 1.22 bits per heavy atom. The summed E-state index contributed by atoms with van der Waals surface area (Å²) in [4.78, 5) is 25.1. The van der Waals surface area contributed by atoms with Crippen LogP contribution in [0.25, 0.3) is 5.65 Å². The molecular weight excluding hydrogens is 367 g/mol. The van der Waals surface area contributed by atoms with Gasteiger partial charge in [-0.1, -0.05) is 0 Å². The van der Waals surface area contributed by atoms with Crippen LogP contribution in [0.15, 0.2) is 12.1 Å². The molecule has 0 aliphatic carbocycles. The molecule has 11 heteroatoms.